The highest BCUT2D eigenvalue weighted by Gasteiger charge is 2.11. The lowest BCUT2D eigenvalue weighted by atomic mass is 9.98. The van der Waals surface area contributed by atoms with E-state index in [1.807, 2.05) is 7.05 Å². The zero-order valence-electron chi connectivity index (χ0n) is 8.10. The molecule has 3 N–H and O–H groups in total. The first-order valence-electron chi connectivity index (χ1n) is 4.57. The molecule has 0 aromatic carbocycles. The van der Waals surface area contributed by atoms with Gasteiger partial charge in [-0.2, -0.15) is 0 Å². The summed E-state index contributed by atoms with van der Waals surface area (Å²) in [5, 5.41) is 3.02. The van der Waals surface area contributed by atoms with Crippen LogP contribution in [0, 0.1) is 5.92 Å². The third-order valence-electron chi connectivity index (χ3n) is 2.03. The molecule has 0 rings (SSSR count). The lowest BCUT2D eigenvalue weighted by Gasteiger charge is -2.11. The molecule has 0 fully saturated rings. The fourth-order valence-corrected chi connectivity index (χ4v) is 1.23. The normalized spacial score (nSPS) is 12.9. The van der Waals surface area contributed by atoms with Gasteiger partial charge in [0.15, 0.2) is 0 Å². The molecule has 12 heavy (non-hydrogen) atoms. The molecule has 0 radical (unpaired) electrons. The van der Waals surface area contributed by atoms with Gasteiger partial charge in [-0.05, 0) is 33.4 Å². The van der Waals surface area contributed by atoms with Crippen LogP contribution in [0.1, 0.15) is 26.2 Å². The first-order chi connectivity index (χ1) is 5.72. The van der Waals surface area contributed by atoms with Crippen molar-refractivity contribution in [1.29, 1.82) is 0 Å². The summed E-state index contributed by atoms with van der Waals surface area (Å²) in [7, 11) is 1.87. The summed E-state index contributed by atoms with van der Waals surface area (Å²) < 4.78 is 0. The summed E-state index contributed by atoms with van der Waals surface area (Å²) in [6.07, 6.45) is 3.04. The number of hydrogen-bond acceptors (Lipinski definition) is 3. The Morgan fingerprint density at radius 1 is 1.50 bits per heavy atom. The Labute approximate surface area is 74.7 Å². The molecule has 0 aliphatic carbocycles. The van der Waals surface area contributed by atoms with Crippen LogP contribution in [0.2, 0.25) is 0 Å². The minimum Gasteiger partial charge on any atom is -0.330 e. The van der Waals surface area contributed by atoms with Gasteiger partial charge >= 0.3 is 0 Å². The monoisotopic (exact) mass is 172 g/mol. The lowest BCUT2D eigenvalue weighted by Crippen LogP contribution is -2.24. The Balaban J connectivity index is 3.56. The Morgan fingerprint density at radius 2 is 2.17 bits per heavy atom. The van der Waals surface area contributed by atoms with Crippen LogP contribution in [0.5, 0.6) is 0 Å². The maximum atomic E-state index is 11.1. The van der Waals surface area contributed by atoms with E-state index in [0.717, 1.165) is 32.4 Å². The highest BCUT2D eigenvalue weighted by atomic mass is 16.1. The predicted octanol–water partition coefficient (Wildman–Crippen LogP) is 0.540. The highest BCUT2D eigenvalue weighted by molar-refractivity contribution is 5.78. The SMILES string of the molecule is CNCC(CCCCN)C(C)=O. The third kappa shape index (κ3) is 5.27. The second-order valence-corrected chi connectivity index (χ2v) is 3.15. The van der Waals surface area contributed by atoms with Gasteiger partial charge in [0.1, 0.15) is 5.78 Å². The molecule has 1 unspecified atom stereocenters. The van der Waals surface area contributed by atoms with Crippen molar-refractivity contribution in [3.63, 3.8) is 0 Å². The van der Waals surface area contributed by atoms with Crippen molar-refractivity contribution < 1.29 is 4.79 Å². The molecular formula is C9H20N2O. The first kappa shape index (κ1) is 11.6. The van der Waals surface area contributed by atoms with Crippen molar-refractivity contribution in [1.82, 2.24) is 5.32 Å². The third-order valence-corrected chi connectivity index (χ3v) is 2.03. The number of hydrogen-bond donors (Lipinski definition) is 2. The smallest absolute Gasteiger partial charge is 0.134 e. The van der Waals surface area contributed by atoms with Crippen molar-refractivity contribution in [2.75, 3.05) is 20.1 Å². The molecule has 0 aliphatic rings. The topological polar surface area (TPSA) is 55.1 Å². The number of unbranched alkanes of at least 4 members (excludes halogenated alkanes) is 1. The zero-order chi connectivity index (χ0) is 9.40. The second kappa shape index (κ2) is 7.25. The van der Waals surface area contributed by atoms with Crippen molar-refractivity contribution in [3.8, 4) is 0 Å². The summed E-state index contributed by atoms with van der Waals surface area (Å²) in [4.78, 5) is 11.1. The van der Waals surface area contributed by atoms with E-state index in [4.69, 9.17) is 5.73 Å². The second-order valence-electron chi connectivity index (χ2n) is 3.15. The van der Waals surface area contributed by atoms with Gasteiger partial charge in [-0.1, -0.05) is 6.42 Å². The minimum atomic E-state index is 0.182. The fourth-order valence-electron chi connectivity index (χ4n) is 1.23. The van der Waals surface area contributed by atoms with E-state index in [2.05, 4.69) is 5.32 Å². The number of ketones is 1. The van der Waals surface area contributed by atoms with Crippen LogP contribution in [0.4, 0.5) is 0 Å². The van der Waals surface area contributed by atoms with Crippen molar-refractivity contribution in [2.45, 2.75) is 26.2 Å². The molecule has 0 aromatic rings. The average molecular weight is 172 g/mol. The Kier molecular flexibility index (Phi) is 7.00. The molecular weight excluding hydrogens is 152 g/mol. The quantitative estimate of drug-likeness (QED) is 0.551. The molecule has 0 heterocycles. The largest absolute Gasteiger partial charge is 0.330 e. The van der Waals surface area contributed by atoms with Crippen LogP contribution in [-0.4, -0.2) is 25.9 Å². The number of nitrogens with one attached hydrogen (secondary N) is 1. The van der Waals surface area contributed by atoms with Gasteiger partial charge in [-0.3, -0.25) is 4.79 Å². The fraction of sp³-hybridized carbons (Fsp3) is 0.889. The van der Waals surface area contributed by atoms with E-state index in [1.165, 1.54) is 0 Å². The van der Waals surface area contributed by atoms with Crippen LogP contribution in [0.15, 0.2) is 0 Å². The van der Waals surface area contributed by atoms with E-state index in [0.29, 0.717) is 0 Å². The maximum Gasteiger partial charge on any atom is 0.134 e. The Hall–Kier alpha value is -0.410. The van der Waals surface area contributed by atoms with Crippen molar-refractivity contribution in [3.05, 3.63) is 0 Å². The molecule has 0 saturated carbocycles. The summed E-state index contributed by atoms with van der Waals surface area (Å²) in [6, 6.07) is 0. The number of nitrogens with two attached hydrogens (primary N) is 1. The van der Waals surface area contributed by atoms with Gasteiger partial charge in [0, 0.05) is 12.5 Å². The van der Waals surface area contributed by atoms with E-state index >= 15 is 0 Å². The van der Waals surface area contributed by atoms with Gasteiger partial charge < -0.3 is 11.1 Å². The maximum absolute atomic E-state index is 11.1. The van der Waals surface area contributed by atoms with E-state index in [-0.39, 0.29) is 11.7 Å². The minimum absolute atomic E-state index is 0.182. The summed E-state index contributed by atoms with van der Waals surface area (Å²) in [6.45, 7) is 3.18. The predicted molar refractivity (Wildman–Crippen MR) is 51.0 cm³/mol. The lowest BCUT2D eigenvalue weighted by molar-refractivity contribution is -0.120. The van der Waals surface area contributed by atoms with Gasteiger partial charge in [0.25, 0.3) is 0 Å². The molecule has 0 spiro atoms. The van der Waals surface area contributed by atoms with Gasteiger partial charge in [0.2, 0.25) is 0 Å². The molecule has 0 bridgehead atoms. The van der Waals surface area contributed by atoms with Gasteiger partial charge in [0.05, 0.1) is 0 Å². The van der Waals surface area contributed by atoms with Crippen LogP contribution in [-0.2, 0) is 4.79 Å². The van der Waals surface area contributed by atoms with E-state index in [9.17, 15) is 4.79 Å². The molecule has 0 aliphatic heterocycles. The number of Topliss-reactive ketones (excluding diaryl/α,β-unsaturated/α-hetero) is 1. The van der Waals surface area contributed by atoms with Gasteiger partial charge in [-0.25, -0.2) is 0 Å². The van der Waals surface area contributed by atoms with Crippen LogP contribution < -0.4 is 11.1 Å². The molecule has 1 atom stereocenters. The molecule has 72 valence electrons. The average Bonchev–Trinajstić information content (AvgIpc) is 2.03. The summed E-state index contributed by atoms with van der Waals surface area (Å²) in [5.41, 5.74) is 5.36. The molecule has 3 nitrogen and oxygen atoms in total. The van der Waals surface area contributed by atoms with E-state index in [1.54, 1.807) is 6.92 Å². The number of carbonyl (C=O) groups excluding carboxylic acids is 1. The summed E-state index contributed by atoms with van der Waals surface area (Å²) in [5.74, 6) is 0.461. The Morgan fingerprint density at radius 3 is 2.58 bits per heavy atom. The number of carbonyl (C=O) groups is 1. The van der Waals surface area contributed by atoms with E-state index < -0.39 is 0 Å². The van der Waals surface area contributed by atoms with Gasteiger partial charge in [-0.15, -0.1) is 0 Å². The summed E-state index contributed by atoms with van der Waals surface area (Å²) >= 11 is 0. The van der Waals surface area contributed by atoms with Crippen molar-refractivity contribution >= 4 is 5.78 Å². The van der Waals surface area contributed by atoms with Crippen LogP contribution in [0.3, 0.4) is 0 Å². The molecule has 3 heteroatoms. The molecule has 0 amide bonds. The zero-order valence-corrected chi connectivity index (χ0v) is 8.10. The highest BCUT2D eigenvalue weighted by Crippen LogP contribution is 2.08. The molecule has 0 aromatic heterocycles. The standard InChI is InChI=1S/C9H20N2O/c1-8(12)9(7-11-2)5-3-4-6-10/h9,11H,3-7,10H2,1-2H3. The van der Waals surface area contributed by atoms with Crippen LogP contribution >= 0.6 is 0 Å². The number of rotatable bonds is 7. The van der Waals surface area contributed by atoms with Crippen molar-refractivity contribution in [2.24, 2.45) is 11.7 Å². The van der Waals surface area contributed by atoms with Crippen LogP contribution in [0.25, 0.3) is 0 Å². The molecule has 0 saturated heterocycles. The first-order valence-corrected chi connectivity index (χ1v) is 4.57. The Bertz CT molecular complexity index is 126.